The zero-order valence-corrected chi connectivity index (χ0v) is 17.7. The fourth-order valence-electron chi connectivity index (χ4n) is 3.08. The number of carbonyl (C=O) groups is 2. The maximum atomic E-state index is 12.5. The fourth-order valence-corrected chi connectivity index (χ4v) is 4.07. The zero-order valence-electron chi connectivity index (χ0n) is 16.2. The fraction of sp³-hybridized carbons (Fsp3) is 0.421. The molecule has 10 heteroatoms. The van der Waals surface area contributed by atoms with Gasteiger partial charge in [0.1, 0.15) is 4.88 Å². The summed E-state index contributed by atoms with van der Waals surface area (Å²) in [6.45, 7) is 6.16. The number of para-hydroxylation sites is 1. The molecule has 1 aromatic carbocycles. The van der Waals surface area contributed by atoms with Crippen molar-refractivity contribution < 1.29 is 14.7 Å². The number of piperazine rings is 1. The summed E-state index contributed by atoms with van der Waals surface area (Å²) in [6.07, 6.45) is 1.44. The Kier molecular flexibility index (Phi) is 7.57. The number of aryl methyl sites for hydroxylation is 1. The smallest absolute Gasteiger partial charge is 0.267 e. The SMILES string of the molecule is Cc1cccc(Cl)c1NC(=O)c1cnc(NC(=O)CN2CCN(CCO)CC2)s1. The summed E-state index contributed by atoms with van der Waals surface area (Å²) in [4.78, 5) is 33.5. The Bertz CT molecular complexity index is 847. The van der Waals surface area contributed by atoms with E-state index in [0.717, 1.165) is 43.1 Å². The molecule has 2 amide bonds. The molecule has 1 fully saturated rings. The Labute approximate surface area is 178 Å². The number of hydrogen-bond donors (Lipinski definition) is 3. The molecule has 1 aliphatic heterocycles. The second kappa shape index (κ2) is 10.1. The van der Waals surface area contributed by atoms with Crippen LogP contribution in [0.1, 0.15) is 15.2 Å². The molecule has 0 spiro atoms. The van der Waals surface area contributed by atoms with Gasteiger partial charge in [-0.05, 0) is 18.6 Å². The van der Waals surface area contributed by atoms with Crippen molar-refractivity contribution in [2.75, 3.05) is 56.5 Å². The number of rotatable bonds is 7. The summed E-state index contributed by atoms with van der Waals surface area (Å²) >= 11 is 7.27. The third kappa shape index (κ3) is 5.97. The lowest BCUT2D eigenvalue weighted by atomic mass is 10.2. The second-order valence-corrected chi connectivity index (χ2v) is 8.24. The maximum absolute atomic E-state index is 12.5. The van der Waals surface area contributed by atoms with Crippen LogP contribution < -0.4 is 10.6 Å². The van der Waals surface area contributed by atoms with Gasteiger partial charge in [0.25, 0.3) is 5.91 Å². The van der Waals surface area contributed by atoms with Crippen molar-refractivity contribution in [1.82, 2.24) is 14.8 Å². The highest BCUT2D eigenvalue weighted by Gasteiger charge is 2.20. The molecule has 0 unspecified atom stereocenters. The Morgan fingerprint density at radius 3 is 2.62 bits per heavy atom. The van der Waals surface area contributed by atoms with Gasteiger partial charge in [-0.15, -0.1) is 0 Å². The van der Waals surface area contributed by atoms with Crippen LogP contribution in [0, 0.1) is 6.92 Å². The number of aliphatic hydroxyl groups is 1. The Morgan fingerprint density at radius 2 is 1.93 bits per heavy atom. The van der Waals surface area contributed by atoms with Gasteiger partial charge in [0.05, 0.1) is 30.1 Å². The molecule has 1 aromatic heterocycles. The number of thiazole rings is 1. The summed E-state index contributed by atoms with van der Waals surface area (Å²) in [6, 6.07) is 5.40. The van der Waals surface area contributed by atoms with Gasteiger partial charge in [-0.2, -0.15) is 0 Å². The van der Waals surface area contributed by atoms with Gasteiger partial charge in [0.2, 0.25) is 5.91 Å². The number of nitrogens with one attached hydrogen (secondary N) is 2. The second-order valence-electron chi connectivity index (χ2n) is 6.81. The highest BCUT2D eigenvalue weighted by Crippen LogP contribution is 2.27. The topological polar surface area (TPSA) is 97.8 Å². The van der Waals surface area contributed by atoms with Crippen LogP contribution in [0.2, 0.25) is 5.02 Å². The lowest BCUT2D eigenvalue weighted by molar-refractivity contribution is -0.117. The molecule has 8 nitrogen and oxygen atoms in total. The largest absolute Gasteiger partial charge is 0.395 e. The lowest BCUT2D eigenvalue weighted by Gasteiger charge is -2.33. The first-order valence-corrected chi connectivity index (χ1v) is 10.5. The molecule has 1 aliphatic rings. The Morgan fingerprint density at radius 1 is 1.21 bits per heavy atom. The minimum atomic E-state index is -0.320. The minimum absolute atomic E-state index is 0.149. The highest BCUT2D eigenvalue weighted by atomic mass is 35.5. The van der Waals surface area contributed by atoms with Gasteiger partial charge in [-0.3, -0.25) is 19.4 Å². The van der Waals surface area contributed by atoms with Gasteiger partial charge in [-0.25, -0.2) is 4.98 Å². The summed E-state index contributed by atoms with van der Waals surface area (Å²) in [7, 11) is 0. The van der Waals surface area contributed by atoms with E-state index in [9.17, 15) is 9.59 Å². The van der Waals surface area contributed by atoms with E-state index < -0.39 is 0 Å². The van der Waals surface area contributed by atoms with Crippen molar-refractivity contribution in [2.45, 2.75) is 6.92 Å². The zero-order chi connectivity index (χ0) is 20.8. The van der Waals surface area contributed by atoms with Crippen LogP contribution in [0.5, 0.6) is 0 Å². The predicted octanol–water partition coefficient (Wildman–Crippen LogP) is 1.91. The molecule has 156 valence electrons. The monoisotopic (exact) mass is 437 g/mol. The van der Waals surface area contributed by atoms with Gasteiger partial charge < -0.3 is 15.7 Å². The van der Waals surface area contributed by atoms with Gasteiger partial charge in [0.15, 0.2) is 5.13 Å². The third-order valence-corrected chi connectivity index (χ3v) is 5.91. The van der Waals surface area contributed by atoms with Crippen molar-refractivity contribution in [2.24, 2.45) is 0 Å². The first-order chi connectivity index (χ1) is 14.0. The number of hydrogen-bond acceptors (Lipinski definition) is 7. The third-order valence-electron chi connectivity index (χ3n) is 4.68. The van der Waals surface area contributed by atoms with Crippen molar-refractivity contribution >= 4 is 45.6 Å². The van der Waals surface area contributed by atoms with Gasteiger partial charge in [-0.1, -0.05) is 35.1 Å². The Hall–Kier alpha value is -2.04. The number of benzene rings is 1. The molecule has 3 rings (SSSR count). The molecule has 0 radical (unpaired) electrons. The number of aromatic nitrogens is 1. The van der Waals surface area contributed by atoms with Crippen molar-refractivity contribution in [1.29, 1.82) is 0 Å². The molecule has 2 heterocycles. The van der Waals surface area contributed by atoms with Gasteiger partial charge >= 0.3 is 0 Å². The minimum Gasteiger partial charge on any atom is -0.395 e. The molecule has 1 saturated heterocycles. The average Bonchev–Trinajstić information content (AvgIpc) is 3.15. The molecule has 0 aliphatic carbocycles. The average molecular weight is 438 g/mol. The quantitative estimate of drug-likeness (QED) is 0.612. The van der Waals surface area contributed by atoms with E-state index in [-0.39, 0.29) is 25.0 Å². The standard InChI is InChI=1S/C19H24ClN5O3S/c1-13-3-2-4-14(20)17(13)23-18(28)15-11-21-19(29-15)22-16(27)12-25-7-5-24(6-8-25)9-10-26/h2-4,11,26H,5-10,12H2,1H3,(H,23,28)(H,21,22,27). The number of carbonyl (C=O) groups excluding carboxylic acids is 2. The van der Waals surface area contributed by atoms with E-state index in [4.69, 9.17) is 16.7 Å². The lowest BCUT2D eigenvalue weighted by Crippen LogP contribution is -2.49. The highest BCUT2D eigenvalue weighted by molar-refractivity contribution is 7.17. The number of β-amino-alcohol motifs (C(OH)–C–C–N with tert-alkyl or cyclic N) is 1. The van der Waals surface area contributed by atoms with Crippen molar-refractivity contribution in [3.8, 4) is 0 Å². The summed E-state index contributed by atoms with van der Waals surface area (Å²) < 4.78 is 0. The molecule has 29 heavy (non-hydrogen) atoms. The first-order valence-electron chi connectivity index (χ1n) is 9.34. The molecule has 0 atom stereocenters. The molecule has 0 saturated carbocycles. The van der Waals surface area contributed by atoms with Crippen LogP contribution in [-0.2, 0) is 4.79 Å². The van der Waals surface area contributed by atoms with E-state index in [1.165, 1.54) is 6.20 Å². The maximum Gasteiger partial charge on any atom is 0.267 e. The molecule has 0 bridgehead atoms. The number of amides is 2. The number of halogens is 1. The van der Waals surface area contributed by atoms with Crippen LogP contribution in [-0.4, -0.2) is 77.6 Å². The van der Waals surface area contributed by atoms with Gasteiger partial charge in [0, 0.05) is 32.7 Å². The molecule has 2 aromatic rings. The number of aliphatic hydroxyl groups excluding tert-OH is 1. The number of nitrogens with zero attached hydrogens (tertiary/aromatic N) is 3. The van der Waals surface area contributed by atoms with Crippen LogP contribution in [0.3, 0.4) is 0 Å². The van der Waals surface area contributed by atoms with E-state index >= 15 is 0 Å². The molecule has 3 N–H and O–H groups in total. The van der Waals surface area contributed by atoms with Crippen LogP contribution in [0.4, 0.5) is 10.8 Å². The van der Waals surface area contributed by atoms with E-state index in [1.54, 1.807) is 6.07 Å². The van der Waals surface area contributed by atoms with Crippen molar-refractivity contribution in [3.05, 3.63) is 39.9 Å². The van der Waals surface area contributed by atoms with E-state index in [1.807, 2.05) is 19.1 Å². The summed E-state index contributed by atoms with van der Waals surface area (Å²) in [5, 5.41) is 15.4. The summed E-state index contributed by atoms with van der Waals surface area (Å²) in [5.74, 6) is -0.483. The van der Waals surface area contributed by atoms with E-state index in [0.29, 0.717) is 27.3 Å². The normalized spacial score (nSPS) is 15.3. The first kappa shape index (κ1) is 21.7. The van der Waals surface area contributed by atoms with Crippen LogP contribution >= 0.6 is 22.9 Å². The van der Waals surface area contributed by atoms with Crippen LogP contribution in [0.25, 0.3) is 0 Å². The van der Waals surface area contributed by atoms with E-state index in [2.05, 4.69) is 25.4 Å². The molecular formula is C19H24ClN5O3S. The number of anilines is 2. The summed E-state index contributed by atoms with van der Waals surface area (Å²) in [5.41, 5.74) is 1.43. The predicted molar refractivity (Wildman–Crippen MR) is 115 cm³/mol. The Balaban J connectivity index is 1.51. The van der Waals surface area contributed by atoms with Crippen LogP contribution in [0.15, 0.2) is 24.4 Å². The molecular weight excluding hydrogens is 414 g/mol. The van der Waals surface area contributed by atoms with Crippen molar-refractivity contribution in [3.63, 3.8) is 0 Å².